The molecule has 0 amide bonds. The average molecular weight is 270 g/mol. The third kappa shape index (κ3) is 2.54. The zero-order chi connectivity index (χ0) is 7.40. The molecule has 0 bridgehead atoms. The summed E-state index contributed by atoms with van der Waals surface area (Å²) in [5, 5.41) is 2.42. The van der Waals surface area contributed by atoms with Gasteiger partial charge in [0.1, 0.15) is 0 Å². The van der Waals surface area contributed by atoms with Gasteiger partial charge in [-0.2, -0.15) is 0 Å². The van der Waals surface area contributed by atoms with Crippen LogP contribution in [-0.2, 0) is 0 Å². The van der Waals surface area contributed by atoms with Crippen molar-refractivity contribution in [3.05, 3.63) is 0 Å². The minimum Gasteiger partial charge on any atom is -0.0925 e. The highest BCUT2D eigenvalue weighted by Crippen LogP contribution is 2.30. The molecule has 60 valence electrons. The number of rotatable bonds is 2. The Morgan fingerprint density at radius 2 is 1.10 bits per heavy atom. The molecule has 1 fully saturated rings. The van der Waals surface area contributed by atoms with Crippen molar-refractivity contribution in [2.24, 2.45) is 11.8 Å². The summed E-state index contributed by atoms with van der Waals surface area (Å²) in [6.07, 6.45) is 5.73. The van der Waals surface area contributed by atoms with E-state index in [0.29, 0.717) is 0 Å². The maximum atomic E-state index is 3.54. The Morgan fingerprint density at radius 3 is 1.30 bits per heavy atom. The third-order valence-electron chi connectivity index (χ3n) is 2.40. The molecule has 10 heavy (non-hydrogen) atoms. The Kier molecular flexibility index (Phi) is 4.31. The fraction of sp³-hybridized carbons (Fsp3) is 1.00. The lowest BCUT2D eigenvalue weighted by Crippen LogP contribution is -2.15. The molecule has 0 spiro atoms. The maximum Gasteiger partial charge on any atom is 0.00596 e. The fourth-order valence-electron chi connectivity index (χ4n) is 1.54. The summed E-state index contributed by atoms with van der Waals surface area (Å²) in [5.41, 5.74) is 0. The van der Waals surface area contributed by atoms with Crippen molar-refractivity contribution in [3.8, 4) is 0 Å². The molecule has 1 aliphatic rings. The van der Waals surface area contributed by atoms with Crippen LogP contribution in [0.5, 0.6) is 0 Å². The van der Waals surface area contributed by atoms with Gasteiger partial charge in [0.2, 0.25) is 0 Å². The highest BCUT2D eigenvalue weighted by molar-refractivity contribution is 9.09. The first-order valence-corrected chi connectivity index (χ1v) is 6.23. The molecule has 0 N–H and O–H groups in total. The molecule has 1 aliphatic carbocycles. The van der Waals surface area contributed by atoms with Gasteiger partial charge in [-0.05, 0) is 37.5 Å². The van der Waals surface area contributed by atoms with Crippen LogP contribution >= 0.6 is 31.9 Å². The van der Waals surface area contributed by atoms with E-state index in [-0.39, 0.29) is 0 Å². The molecule has 2 heteroatoms. The van der Waals surface area contributed by atoms with Crippen LogP contribution in [0, 0.1) is 11.8 Å². The van der Waals surface area contributed by atoms with Crippen LogP contribution in [0.15, 0.2) is 0 Å². The average Bonchev–Trinajstić information content (AvgIpc) is 2.05. The first kappa shape index (κ1) is 9.05. The smallest absolute Gasteiger partial charge is 0.00596 e. The van der Waals surface area contributed by atoms with Crippen LogP contribution in [0.1, 0.15) is 25.7 Å². The normalized spacial score (nSPS) is 34.2. The summed E-state index contributed by atoms with van der Waals surface area (Å²) in [7, 11) is 0. The minimum absolute atomic E-state index is 0.968. The molecule has 0 radical (unpaired) electrons. The summed E-state index contributed by atoms with van der Waals surface area (Å²) in [4.78, 5) is 0. The van der Waals surface area contributed by atoms with Gasteiger partial charge in [-0.15, -0.1) is 0 Å². The van der Waals surface area contributed by atoms with Crippen LogP contribution < -0.4 is 0 Å². The number of hydrogen-bond acceptors (Lipinski definition) is 0. The monoisotopic (exact) mass is 268 g/mol. The molecular weight excluding hydrogens is 256 g/mol. The fourth-order valence-corrected chi connectivity index (χ4v) is 2.84. The lowest BCUT2D eigenvalue weighted by atomic mass is 9.84. The highest BCUT2D eigenvalue weighted by atomic mass is 79.9. The summed E-state index contributed by atoms with van der Waals surface area (Å²) in [6.45, 7) is 0. The molecular formula is C8H14Br2. The van der Waals surface area contributed by atoms with Crippen molar-refractivity contribution in [2.75, 3.05) is 10.7 Å². The molecule has 1 saturated carbocycles. The van der Waals surface area contributed by atoms with Gasteiger partial charge < -0.3 is 0 Å². The van der Waals surface area contributed by atoms with E-state index < -0.39 is 0 Å². The van der Waals surface area contributed by atoms with Crippen LogP contribution in [0.4, 0.5) is 0 Å². The van der Waals surface area contributed by atoms with Crippen LogP contribution in [0.25, 0.3) is 0 Å². The Bertz CT molecular complexity index is 73.3. The predicted octanol–water partition coefficient (Wildman–Crippen LogP) is 3.58. The number of hydrogen-bond donors (Lipinski definition) is 0. The Morgan fingerprint density at radius 1 is 0.800 bits per heavy atom. The van der Waals surface area contributed by atoms with Crippen molar-refractivity contribution in [2.45, 2.75) is 25.7 Å². The van der Waals surface area contributed by atoms with Crippen molar-refractivity contribution in [1.82, 2.24) is 0 Å². The summed E-state index contributed by atoms with van der Waals surface area (Å²) >= 11 is 7.08. The van der Waals surface area contributed by atoms with E-state index in [1.54, 1.807) is 0 Å². The first-order valence-electron chi connectivity index (χ1n) is 3.98. The Balaban J connectivity index is 2.17. The van der Waals surface area contributed by atoms with Gasteiger partial charge in [-0.1, -0.05) is 31.9 Å². The molecule has 0 aliphatic heterocycles. The minimum atomic E-state index is 0.968. The number of halogens is 2. The molecule has 0 aromatic carbocycles. The lowest BCUT2D eigenvalue weighted by molar-refractivity contribution is 0.318. The van der Waals surface area contributed by atoms with Gasteiger partial charge >= 0.3 is 0 Å². The van der Waals surface area contributed by atoms with Gasteiger partial charge in [0, 0.05) is 10.7 Å². The van der Waals surface area contributed by atoms with Crippen molar-refractivity contribution >= 4 is 31.9 Å². The molecule has 0 atom stereocenters. The lowest BCUT2D eigenvalue weighted by Gasteiger charge is -2.25. The van der Waals surface area contributed by atoms with Crippen LogP contribution in [0.2, 0.25) is 0 Å². The molecule has 0 unspecified atom stereocenters. The second-order valence-electron chi connectivity index (χ2n) is 3.20. The van der Waals surface area contributed by atoms with E-state index in [1.165, 1.54) is 36.3 Å². The standard InChI is InChI=1S/C8H14Br2/c9-5-7-1-2-8(6-10)4-3-7/h7-8H,1-6H2. The largest absolute Gasteiger partial charge is 0.0925 e. The summed E-state index contributed by atoms with van der Waals surface area (Å²) in [5.74, 6) is 1.94. The SMILES string of the molecule is BrCC1CCC(CBr)CC1. The highest BCUT2D eigenvalue weighted by Gasteiger charge is 2.18. The van der Waals surface area contributed by atoms with E-state index in [2.05, 4.69) is 31.9 Å². The maximum absolute atomic E-state index is 3.54. The van der Waals surface area contributed by atoms with E-state index in [9.17, 15) is 0 Å². The van der Waals surface area contributed by atoms with Gasteiger partial charge in [0.25, 0.3) is 0 Å². The van der Waals surface area contributed by atoms with Gasteiger partial charge in [0.15, 0.2) is 0 Å². The zero-order valence-corrected chi connectivity index (χ0v) is 9.33. The van der Waals surface area contributed by atoms with Gasteiger partial charge in [0.05, 0.1) is 0 Å². The van der Waals surface area contributed by atoms with Gasteiger partial charge in [-0.3, -0.25) is 0 Å². The van der Waals surface area contributed by atoms with Gasteiger partial charge in [-0.25, -0.2) is 0 Å². The predicted molar refractivity (Wildman–Crippen MR) is 53.0 cm³/mol. The quantitative estimate of drug-likeness (QED) is 0.673. The van der Waals surface area contributed by atoms with Crippen LogP contribution in [0.3, 0.4) is 0 Å². The molecule has 0 saturated heterocycles. The second kappa shape index (κ2) is 4.76. The van der Waals surface area contributed by atoms with Crippen LogP contribution in [-0.4, -0.2) is 10.7 Å². The van der Waals surface area contributed by atoms with Crippen molar-refractivity contribution in [3.63, 3.8) is 0 Å². The molecule has 0 aromatic heterocycles. The first-order chi connectivity index (χ1) is 4.86. The zero-order valence-electron chi connectivity index (χ0n) is 6.15. The Labute approximate surface area is 80.0 Å². The van der Waals surface area contributed by atoms with Crippen molar-refractivity contribution in [1.29, 1.82) is 0 Å². The second-order valence-corrected chi connectivity index (χ2v) is 4.49. The molecule has 1 rings (SSSR count). The van der Waals surface area contributed by atoms with E-state index >= 15 is 0 Å². The molecule has 0 heterocycles. The third-order valence-corrected chi connectivity index (χ3v) is 4.23. The summed E-state index contributed by atoms with van der Waals surface area (Å²) in [6, 6.07) is 0. The van der Waals surface area contributed by atoms with E-state index in [4.69, 9.17) is 0 Å². The molecule has 0 nitrogen and oxygen atoms in total. The topological polar surface area (TPSA) is 0 Å². The molecule has 0 aromatic rings. The van der Waals surface area contributed by atoms with Crippen molar-refractivity contribution < 1.29 is 0 Å². The van der Waals surface area contributed by atoms with E-state index in [0.717, 1.165) is 11.8 Å². The van der Waals surface area contributed by atoms with E-state index in [1.807, 2.05) is 0 Å². The Hall–Kier alpha value is 0.960. The number of alkyl halides is 2. The summed E-state index contributed by atoms with van der Waals surface area (Å²) < 4.78 is 0.